The largest absolute Gasteiger partial charge is 0.476 e. The predicted octanol–water partition coefficient (Wildman–Crippen LogP) is 1.08. The minimum atomic E-state index is -1.30. The minimum Gasteiger partial charge on any atom is -0.476 e. The van der Waals surface area contributed by atoms with E-state index in [1.165, 1.54) is 25.5 Å². The standard InChI is InChI=1S/C13H16N2O6/c1-19-15-12(18)13(6-2-3-7-13)21-14-10(11(16)17)9-5-4-8-20-9/h4-5,8H,2-3,6-7H2,1H3,(H,15,18)(H,16,17)/b14-10+. The summed E-state index contributed by atoms with van der Waals surface area (Å²) in [5.41, 5.74) is 0.615. The molecule has 1 aliphatic carbocycles. The maximum absolute atomic E-state index is 12.0. The van der Waals surface area contributed by atoms with Crippen LogP contribution in [0.15, 0.2) is 28.0 Å². The molecule has 1 fully saturated rings. The monoisotopic (exact) mass is 296 g/mol. The van der Waals surface area contributed by atoms with Gasteiger partial charge in [-0.25, -0.2) is 10.3 Å². The fourth-order valence-corrected chi connectivity index (χ4v) is 2.23. The number of carbonyl (C=O) groups excluding carboxylic acids is 1. The van der Waals surface area contributed by atoms with E-state index in [1.54, 1.807) is 0 Å². The number of aliphatic carboxylic acids is 1. The summed E-state index contributed by atoms with van der Waals surface area (Å²) >= 11 is 0. The molecule has 0 radical (unpaired) electrons. The van der Waals surface area contributed by atoms with Crippen LogP contribution in [-0.2, 0) is 19.3 Å². The Morgan fingerprint density at radius 1 is 1.43 bits per heavy atom. The SMILES string of the molecule is CONC(=O)C1(O/N=C(/C(=O)O)c2ccco2)CCCC1. The van der Waals surface area contributed by atoms with Gasteiger partial charge in [0.15, 0.2) is 5.76 Å². The summed E-state index contributed by atoms with van der Waals surface area (Å²) in [4.78, 5) is 33.2. The molecular formula is C13H16N2O6. The summed E-state index contributed by atoms with van der Waals surface area (Å²) in [6.45, 7) is 0. The smallest absolute Gasteiger partial charge is 0.361 e. The van der Waals surface area contributed by atoms with E-state index in [-0.39, 0.29) is 5.76 Å². The highest BCUT2D eigenvalue weighted by Gasteiger charge is 2.45. The van der Waals surface area contributed by atoms with Gasteiger partial charge in [0, 0.05) is 0 Å². The second-order valence-corrected chi connectivity index (χ2v) is 4.65. The molecule has 0 saturated heterocycles. The second-order valence-electron chi connectivity index (χ2n) is 4.65. The maximum atomic E-state index is 12.0. The Morgan fingerprint density at radius 2 is 2.14 bits per heavy atom. The molecule has 114 valence electrons. The van der Waals surface area contributed by atoms with Crippen LogP contribution in [0.1, 0.15) is 31.4 Å². The van der Waals surface area contributed by atoms with Crippen molar-refractivity contribution in [3.8, 4) is 0 Å². The second kappa shape index (κ2) is 6.40. The Labute approximate surface area is 120 Å². The molecule has 0 aromatic carbocycles. The molecule has 1 heterocycles. The third-order valence-electron chi connectivity index (χ3n) is 3.29. The number of amides is 1. The highest BCUT2D eigenvalue weighted by molar-refractivity contribution is 6.41. The predicted molar refractivity (Wildman–Crippen MR) is 70.3 cm³/mol. The van der Waals surface area contributed by atoms with E-state index >= 15 is 0 Å². The molecule has 2 N–H and O–H groups in total. The minimum absolute atomic E-state index is 0.0581. The van der Waals surface area contributed by atoms with Crippen LogP contribution in [-0.4, -0.2) is 35.4 Å². The van der Waals surface area contributed by atoms with Gasteiger partial charge in [0.2, 0.25) is 11.3 Å². The van der Waals surface area contributed by atoms with Gasteiger partial charge in [-0.3, -0.25) is 9.63 Å². The van der Waals surface area contributed by atoms with Crippen LogP contribution in [0.4, 0.5) is 0 Å². The maximum Gasteiger partial charge on any atom is 0.361 e. The van der Waals surface area contributed by atoms with Crippen molar-refractivity contribution in [3.63, 3.8) is 0 Å². The van der Waals surface area contributed by atoms with Crippen LogP contribution >= 0.6 is 0 Å². The fraction of sp³-hybridized carbons (Fsp3) is 0.462. The van der Waals surface area contributed by atoms with Gasteiger partial charge in [0.05, 0.1) is 13.4 Å². The molecule has 0 aliphatic heterocycles. The average molecular weight is 296 g/mol. The number of nitrogens with zero attached hydrogens (tertiary/aromatic N) is 1. The number of hydroxylamine groups is 1. The van der Waals surface area contributed by atoms with Crippen molar-refractivity contribution >= 4 is 17.6 Å². The molecule has 0 spiro atoms. The summed E-state index contributed by atoms with van der Waals surface area (Å²) in [5.74, 6) is -1.72. The Bertz CT molecular complexity index is 531. The first-order valence-electron chi connectivity index (χ1n) is 6.46. The van der Waals surface area contributed by atoms with E-state index in [4.69, 9.17) is 14.4 Å². The van der Waals surface area contributed by atoms with Gasteiger partial charge in [0.25, 0.3) is 5.91 Å². The zero-order valence-electron chi connectivity index (χ0n) is 11.5. The lowest BCUT2D eigenvalue weighted by atomic mass is 10.0. The lowest BCUT2D eigenvalue weighted by Gasteiger charge is -2.24. The van der Waals surface area contributed by atoms with Crippen molar-refractivity contribution < 1.29 is 28.8 Å². The van der Waals surface area contributed by atoms with Gasteiger partial charge in [-0.2, -0.15) is 0 Å². The van der Waals surface area contributed by atoms with Crippen molar-refractivity contribution in [1.29, 1.82) is 0 Å². The molecule has 2 rings (SSSR count). The van der Waals surface area contributed by atoms with Gasteiger partial charge >= 0.3 is 5.97 Å². The van der Waals surface area contributed by atoms with Gasteiger partial charge in [-0.15, -0.1) is 0 Å². The quantitative estimate of drug-likeness (QED) is 0.600. The summed E-state index contributed by atoms with van der Waals surface area (Å²) in [6.07, 6.45) is 3.79. The van der Waals surface area contributed by atoms with Crippen LogP contribution in [0.2, 0.25) is 0 Å². The Balaban J connectivity index is 2.22. The number of carbonyl (C=O) groups is 2. The molecule has 0 bridgehead atoms. The first-order valence-corrected chi connectivity index (χ1v) is 6.46. The molecular weight excluding hydrogens is 280 g/mol. The molecule has 8 nitrogen and oxygen atoms in total. The van der Waals surface area contributed by atoms with E-state index in [0.29, 0.717) is 12.8 Å². The molecule has 21 heavy (non-hydrogen) atoms. The van der Waals surface area contributed by atoms with Crippen molar-refractivity contribution in [2.24, 2.45) is 5.16 Å². The first kappa shape index (κ1) is 15.0. The molecule has 1 amide bonds. The highest BCUT2D eigenvalue weighted by atomic mass is 16.7. The topological polar surface area (TPSA) is 110 Å². The molecule has 1 saturated carbocycles. The van der Waals surface area contributed by atoms with E-state index < -0.39 is 23.2 Å². The summed E-state index contributed by atoms with van der Waals surface area (Å²) < 4.78 is 5.00. The zero-order valence-corrected chi connectivity index (χ0v) is 11.5. The fourth-order valence-electron chi connectivity index (χ4n) is 2.23. The van der Waals surface area contributed by atoms with Crippen LogP contribution in [0, 0.1) is 0 Å². The number of carboxylic acids is 1. The third-order valence-corrected chi connectivity index (χ3v) is 3.29. The lowest BCUT2D eigenvalue weighted by molar-refractivity contribution is -0.158. The van der Waals surface area contributed by atoms with Crippen molar-refractivity contribution in [2.45, 2.75) is 31.3 Å². The number of furan rings is 1. The Kier molecular flexibility index (Phi) is 4.59. The molecule has 1 aliphatic rings. The highest BCUT2D eigenvalue weighted by Crippen LogP contribution is 2.34. The number of rotatable bonds is 6. The summed E-state index contributed by atoms with van der Waals surface area (Å²) in [5, 5.41) is 12.8. The molecule has 0 unspecified atom stereocenters. The third kappa shape index (κ3) is 3.22. The number of hydrogen-bond donors (Lipinski definition) is 2. The van der Waals surface area contributed by atoms with Crippen molar-refractivity contribution in [1.82, 2.24) is 5.48 Å². The van der Waals surface area contributed by atoms with E-state index in [2.05, 4.69) is 15.5 Å². The number of hydrogen-bond acceptors (Lipinski definition) is 6. The number of nitrogens with one attached hydrogen (secondary N) is 1. The van der Waals surface area contributed by atoms with Crippen LogP contribution in [0.5, 0.6) is 0 Å². The number of oxime groups is 1. The molecule has 8 heteroatoms. The molecule has 1 aromatic rings. The Morgan fingerprint density at radius 3 is 2.67 bits per heavy atom. The molecule has 1 aromatic heterocycles. The van der Waals surface area contributed by atoms with Crippen LogP contribution < -0.4 is 5.48 Å². The van der Waals surface area contributed by atoms with Gasteiger partial charge in [-0.05, 0) is 37.8 Å². The number of carboxylic acid groups (broad SMARTS) is 1. The van der Waals surface area contributed by atoms with Crippen LogP contribution in [0.25, 0.3) is 0 Å². The van der Waals surface area contributed by atoms with E-state index in [0.717, 1.165) is 12.8 Å². The summed E-state index contributed by atoms with van der Waals surface area (Å²) in [6, 6.07) is 2.99. The molecule has 0 atom stereocenters. The van der Waals surface area contributed by atoms with E-state index in [1.807, 2.05) is 0 Å². The zero-order chi connectivity index (χ0) is 15.3. The Hall–Kier alpha value is -2.35. The van der Waals surface area contributed by atoms with Gasteiger partial charge < -0.3 is 14.4 Å². The van der Waals surface area contributed by atoms with Crippen molar-refractivity contribution in [3.05, 3.63) is 24.2 Å². The van der Waals surface area contributed by atoms with E-state index in [9.17, 15) is 9.59 Å². The lowest BCUT2D eigenvalue weighted by Crippen LogP contribution is -2.45. The van der Waals surface area contributed by atoms with Crippen molar-refractivity contribution in [2.75, 3.05) is 7.11 Å². The van der Waals surface area contributed by atoms with Crippen LogP contribution in [0.3, 0.4) is 0 Å². The average Bonchev–Trinajstić information content (AvgIpc) is 3.10. The van der Waals surface area contributed by atoms with Gasteiger partial charge in [-0.1, -0.05) is 5.16 Å². The summed E-state index contributed by atoms with van der Waals surface area (Å²) in [7, 11) is 1.31. The normalized spacial score (nSPS) is 17.5. The van der Waals surface area contributed by atoms with Gasteiger partial charge in [0.1, 0.15) is 0 Å². The first-order chi connectivity index (χ1) is 10.1.